The molecular formula is C21H20ClF3N2O2. The van der Waals surface area contributed by atoms with Gasteiger partial charge in [-0.1, -0.05) is 23.7 Å². The minimum absolute atomic E-state index is 0.253. The fourth-order valence-corrected chi connectivity index (χ4v) is 3.11. The second kappa shape index (κ2) is 7.63. The van der Waals surface area contributed by atoms with Gasteiger partial charge in [-0.15, -0.1) is 0 Å². The van der Waals surface area contributed by atoms with E-state index in [0.29, 0.717) is 16.3 Å². The van der Waals surface area contributed by atoms with Crippen molar-refractivity contribution < 1.29 is 22.7 Å². The van der Waals surface area contributed by atoms with E-state index in [9.17, 15) is 18.0 Å². The molecule has 0 aliphatic heterocycles. The molecule has 1 amide bonds. The van der Waals surface area contributed by atoms with E-state index in [1.54, 1.807) is 55.8 Å². The fraction of sp³-hybridized carbons (Fsp3) is 0.286. The number of anilines is 1. The monoisotopic (exact) mass is 424 g/mol. The van der Waals surface area contributed by atoms with Gasteiger partial charge >= 0.3 is 12.3 Å². The fourth-order valence-electron chi connectivity index (χ4n) is 2.90. The summed E-state index contributed by atoms with van der Waals surface area (Å²) < 4.78 is 45.8. The molecule has 2 aromatic carbocycles. The van der Waals surface area contributed by atoms with Gasteiger partial charge in [0.15, 0.2) is 0 Å². The zero-order valence-electron chi connectivity index (χ0n) is 16.1. The highest BCUT2D eigenvalue weighted by molar-refractivity contribution is 6.34. The van der Waals surface area contributed by atoms with Crippen LogP contribution in [-0.4, -0.2) is 16.3 Å². The maximum absolute atomic E-state index is 12.9. The number of rotatable bonds is 3. The second-order valence-electron chi connectivity index (χ2n) is 7.66. The quantitative estimate of drug-likeness (QED) is 0.507. The molecule has 0 aliphatic carbocycles. The maximum atomic E-state index is 12.9. The number of amides is 1. The first-order valence-corrected chi connectivity index (χ1v) is 9.25. The van der Waals surface area contributed by atoms with Crippen LogP contribution >= 0.6 is 11.6 Å². The van der Waals surface area contributed by atoms with Gasteiger partial charge in [0.2, 0.25) is 0 Å². The number of halogens is 4. The number of carbonyl (C=O) groups is 1. The predicted molar refractivity (Wildman–Crippen MR) is 107 cm³/mol. The number of benzene rings is 2. The van der Waals surface area contributed by atoms with Gasteiger partial charge in [0.1, 0.15) is 5.60 Å². The highest BCUT2D eigenvalue weighted by atomic mass is 35.5. The van der Waals surface area contributed by atoms with Crippen LogP contribution in [0.1, 0.15) is 31.9 Å². The number of nitrogens with one attached hydrogen (secondary N) is 1. The van der Waals surface area contributed by atoms with Crippen molar-refractivity contribution >= 4 is 34.3 Å². The molecule has 1 N–H and O–H groups in total. The molecule has 8 heteroatoms. The number of aromatic nitrogens is 1. The third-order valence-electron chi connectivity index (χ3n) is 4.10. The summed E-state index contributed by atoms with van der Waals surface area (Å²) in [4.78, 5) is 12.0. The van der Waals surface area contributed by atoms with Crippen molar-refractivity contribution in [3.05, 3.63) is 64.8 Å². The van der Waals surface area contributed by atoms with Gasteiger partial charge in [0.25, 0.3) is 0 Å². The van der Waals surface area contributed by atoms with Gasteiger partial charge in [-0.25, -0.2) is 4.79 Å². The summed E-state index contributed by atoms with van der Waals surface area (Å²) in [6, 6.07) is 10.4. The van der Waals surface area contributed by atoms with E-state index in [1.807, 2.05) is 0 Å². The third-order valence-corrected chi connectivity index (χ3v) is 4.42. The van der Waals surface area contributed by atoms with Crippen molar-refractivity contribution in [2.45, 2.75) is 39.1 Å². The molecule has 0 aliphatic rings. The average Bonchev–Trinajstić information content (AvgIpc) is 2.95. The van der Waals surface area contributed by atoms with Crippen molar-refractivity contribution in [1.29, 1.82) is 0 Å². The molecule has 0 saturated carbocycles. The lowest BCUT2D eigenvalue weighted by Crippen LogP contribution is -2.27. The van der Waals surface area contributed by atoms with Gasteiger partial charge in [-0.05, 0) is 56.7 Å². The molecular weight excluding hydrogens is 405 g/mol. The van der Waals surface area contributed by atoms with E-state index in [1.165, 1.54) is 6.07 Å². The van der Waals surface area contributed by atoms with Crippen molar-refractivity contribution in [2.24, 2.45) is 0 Å². The summed E-state index contributed by atoms with van der Waals surface area (Å²) in [5.41, 5.74) is 0.319. The van der Waals surface area contributed by atoms with E-state index in [4.69, 9.17) is 16.3 Å². The summed E-state index contributed by atoms with van der Waals surface area (Å²) in [6.07, 6.45) is -3.25. The first-order valence-electron chi connectivity index (χ1n) is 8.87. The number of ether oxygens (including phenoxy) is 1. The zero-order valence-corrected chi connectivity index (χ0v) is 16.9. The minimum atomic E-state index is -4.39. The molecule has 4 nitrogen and oxygen atoms in total. The molecule has 0 unspecified atom stereocenters. The Morgan fingerprint density at radius 2 is 1.86 bits per heavy atom. The molecule has 0 radical (unpaired) electrons. The van der Waals surface area contributed by atoms with Crippen molar-refractivity contribution in [2.75, 3.05) is 5.32 Å². The number of hydrogen-bond donors (Lipinski definition) is 1. The van der Waals surface area contributed by atoms with E-state index < -0.39 is 23.4 Å². The van der Waals surface area contributed by atoms with Crippen LogP contribution in [0.5, 0.6) is 0 Å². The number of alkyl halides is 3. The van der Waals surface area contributed by atoms with Crippen molar-refractivity contribution in [3.8, 4) is 0 Å². The van der Waals surface area contributed by atoms with Crippen LogP contribution in [-0.2, 0) is 17.5 Å². The van der Waals surface area contributed by atoms with E-state index in [0.717, 1.165) is 23.0 Å². The van der Waals surface area contributed by atoms with Crippen LogP contribution in [0, 0.1) is 0 Å². The summed E-state index contributed by atoms with van der Waals surface area (Å²) >= 11 is 6.30. The molecule has 0 bridgehead atoms. The first-order chi connectivity index (χ1) is 13.4. The van der Waals surface area contributed by atoms with E-state index >= 15 is 0 Å². The van der Waals surface area contributed by atoms with Gasteiger partial charge in [0.05, 0.1) is 16.3 Å². The maximum Gasteiger partial charge on any atom is 0.416 e. The topological polar surface area (TPSA) is 43.3 Å². The largest absolute Gasteiger partial charge is 0.444 e. The Bertz CT molecular complexity index is 1050. The Kier molecular flexibility index (Phi) is 5.54. The molecule has 1 heterocycles. The van der Waals surface area contributed by atoms with Crippen LogP contribution in [0.15, 0.2) is 48.7 Å². The summed E-state index contributed by atoms with van der Waals surface area (Å²) in [5.74, 6) is 0. The lowest BCUT2D eigenvalue weighted by molar-refractivity contribution is -0.137. The SMILES string of the molecule is CC(C)(C)OC(=O)Nc1cc2ccn(Cc3cccc(C(F)(F)F)c3)c2cc1Cl. The Morgan fingerprint density at radius 1 is 1.14 bits per heavy atom. The molecule has 0 atom stereocenters. The molecule has 3 rings (SSSR count). The normalized spacial score (nSPS) is 12.2. The zero-order chi connectivity index (χ0) is 21.4. The molecule has 0 fully saturated rings. The Hall–Kier alpha value is -2.67. The van der Waals surface area contributed by atoms with Crippen LogP contribution < -0.4 is 5.32 Å². The van der Waals surface area contributed by atoms with Crippen LogP contribution in [0.2, 0.25) is 5.02 Å². The minimum Gasteiger partial charge on any atom is -0.444 e. The summed E-state index contributed by atoms with van der Waals surface area (Å²) in [5, 5.41) is 3.70. The summed E-state index contributed by atoms with van der Waals surface area (Å²) in [7, 11) is 0. The smallest absolute Gasteiger partial charge is 0.416 e. The molecule has 0 spiro atoms. The lowest BCUT2D eigenvalue weighted by atomic mass is 10.1. The van der Waals surface area contributed by atoms with Crippen LogP contribution in [0.3, 0.4) is 0 Å². The summed E-state index contributed by atoms with van der Waals surface area (Å²) in [6.45, 7) is 5.52. The Morgan fingerprint density at radius 3 is 2.52 bits per heavy atom. The van der Waals surface area contributed by atoms with Crippen molar-refractivity contribution in [3.63, 3.8) is 0 Å². The Labute approximate surface area is 171 Å². The van der Waals surface area contributed by atoms with Crippen LogP contribution in [0.4, 0.5) is 23.7 Å². The van der Waals surface area contributed by atoms with Crippen LogP contribution in [0.25, 0.3) is 10.9 Å². The van der Waals surface area contributed by atoms with E-state index in [2.05, 4.69) is 5.32 Å². The number of hydrogen-bond acceptors (Lipinski definition) is 2. The molecule has 154 valence electrons. The van der Waals surface area contributed by atoms with Gasteiger partial charge in [0, 0.05) is 23.6 Å². The predicted octanol–water partition coefficient (Wildman–Crippen LogP) is 6.71. The number of carbonyl (C=O) groups excluding carboxylic acids is 1. The van der Waals surface area contributed by atoms with Gasteiger partial charge in [-0.2, -0.15) is 13.2 Å². The molecule has 0 saturated heterocycles. The molecule has 1 aromatic heterocycles. The van der Waals surface area contributed by atoms with Gasteiger partial charge in [-0.3, -0.25) is 5.32 Å². The second-order valence-corrected chi connectivity index (χ2v) is 8.07. The number of fused-ring (bicyclic) bond motifs is 1. The molecule has 3 aromatic rings. The highest BCUT2D eigenvalue weighted by Crippen LogP contribution is 2.32. The van der Waals surface area contributed by atoms with Gasteiger partial charge < -0.3 is 9.30 Å². The standard InChI is InChI=1S/C21H20ClF3N2O2/c1-20(2,3)29-19(28)26-17-10-14-7-8-27(18(14)11-16(17)22)12-13-5-4-6-15(9-13)21(23,24)25/h4-11H,12H2,1-3H3,(H,26,28). The highest BCUT2D eigenvalue weighted by Gasteiger charge is 2.30. The van der Waals surface area contributed by atoms with Crippen molar-refractivity contribution in [1.82, 2.24) is 4.57 Å². The number of nitrogens with zero attached hydrogens (tertiary/aromatic N) is 1. The molecule has 29 heavy (non-hydrogen) atoms. The first kappa shape index (κ1) is 21.0. The average molecular weight is 425 g/mol. The third kappa shape index (κ3) is 5.23. The Balaban J connectivity index is 1.85. The van der Waals surface area contributed by atoms with E-state index in [-0.39, 0.29) is 6.54 Å². The lowest BCUT2D eigenvalue weighted by Gasteiger charge is -2.20.